The predicted molar refractivity (Wildman–Crippen MR) is 132 cm³/mol. The number of imidazole rings is 1. The number of likely N-dealkylation sites (tertiary alicyclic amines) is 1. The lowest BCUT2D eigenvalue weighted by atomic mass is 9.93. The Balaban J connectivity index is 1.43. The molecule has 2 heterocycles. The molecule has 1 aliphatic carbocycles. The fourth-order valence-corrected chi connectivity index (χ4v) is 5.03. The Labute approximate surface area is 200 Å². The highest BCUT2D eigenvalue weighted by Crippen LogP contribution is 2.58. The summed E-state index contributed by atoms with van der Waals surface area (Å²) in [4.78, 5) is 35.5. The van der Waals surface area contributed by atoms with E-state index < -0.39 is 12.1 Å². The quantitative estimate of drug-likeness (QED) is 0.576. The van der Waals surface area contributed by atoms with E-state index >= 15 is 0 Å². The first-order chi connectivity index (χ1) is 16.3. The molecule has 2 atom stereocenters. The number of alkyl carbamates (subject to hydrolysis) is 1. The minimum Gasteiger partial charge on any atom is -0.453 e. The van der Waals surface area contributed by atoms with Crippen molar-refractivity contribution in [2.75, 3.05) is 13.7 Å². The molecule has 2 aliphatic rings. The summed E-state index contributed by atoms with van der Waals surface area (Å²) >= 11 is 0. The molecule has 2 unspecified atom stereocenters. The van der Waals surface area contributed by atoms with Crippen LogP contribution in [0.25, 0.3) is 22.0 Å². The lowest BCUT2D eigenvalue weighted by molar-refractivity contribution is -0.135. The number of benzene rings is 2. The first-order valence-electron chi connectivity index (χ1n) is 11.8. The van der Waals surface area contributed by atoms with Crippen molar-refractivity contribution in [1.82, 2.24) is 20.2 Å². The van der Waals surface area contributed by atoms with E-state index in [4.69, 9.17) is 17.6 Å². The Morgan fingerprint density at radius 3 is 2.65 bits per heavy atom. The Morgan fingerprint density at radius 1 is 1.21 bits per heavy atom. The second kappa shape index (κ2) is 8.49. The monoisotopic (exact) mass is 456 g/mol. The second-order valence-corrected chi connectivity index (χ2v) is 10.0. The molecule has 2 fully saturated rings. The number of hydrogen-bond donors (Lipinski definition) is 2. The van der Waals surface area contributed by atoms with Gasteiger partial charge in [-0.25, -0.2) is 9.78 Å². The molecule has 1 saturated heterocycles. The fraction of sp³-hybridized carbons (Fsp3) is 0.423. The molecule has 34 heavy (non-hydrogen) atoms. The van der Waals surface area contributed by atoms with Gasteiger partial charge in [0.15, 0.2) is 0 Å². The van der Waals surface area contributed by atoms with Crippen molar-refractivity contribution < 1.29 is 14.3 Å². The molecule has 2 aromatic carbocycles. The van der Waals surface area contributed by atoms with Crippen LogP contribution in [0, 0.1) is 11.3 Å². The Kier molecular flexibility index (Phi) is 5.62. The molecule has 2 N–H and O–H groups in total. The van der Waals surface area contributed by atoms with E-state index in [1.165, 1.54) is 7.11 Å². The van der Waals surface area contributed by atoms with Gasteiger partial charge in [0, 0.05) is 12.1 Å². The number of carbonyl (C=O) groups excluding carboxylic acids is 2. The molecule has 0 bridgehead atoms. The van der Waals surface area contributed by atoms with Crippen LogP contribution in [-0.2, 0) is 9.53 Å². The molecule has 3 aromatic rings. The zero-order valence-electron chi connectivity index (χ0n) is 19.8. The van der Waals surface area contributed by atoms with E-state index in [-0.39, 0.29) is 23.3 Å². The maximum Gasteiger partial charge on any atom is 0.407 e. The third-order valence-corrected chi connectivity index (χ3v) is 7.23. The fourth-order valence-electron chi connectivity index (χ4n) is 5.03. The summed E-state index contributed by atoms with van der Waals surface area (Å²) in [5.74, 6) is 0.627. The van der Waals surface area contributed by atoms with Gasteiger partial charge >= 0.3 is 6.09 Å². The number of nitrogens with zero attached hydrogens (tertiary/aromatic N) is 2. The van der Waals surface area contributed by atoms with Gasteiger partial charge in [-0.3, -0.25) is 4.79 Å². The van der Waals surface area contributed by atoms with Crippen molar-refractivity contribution >= 4 is 36.1 Å². The molecule has 1 saturated carbocycles. The largest absolute Gasteiger partial charge is 0.453 e. The highest BCUT2D eigenvalue weighted by atomic mass is 16.5. The van der Waals surface area contributed by atoms with E-state index in [0.29, 0.717) is 6.54 Å². The molecular formula is C26H29BN4O3. The van der Waals surface area contributed by atoms with Gasteiger partial charge in [0.05, 0.1) is 25.0 Å². The maximum absolute atomic E-state index is 13.6. The summed E-state index contributed by atoms with van der Waals surface area (Å²) in [7, 11) is 7.21. The molecule has 174 valence electrons. The number of fused-ring (bicyclic) bond motifs is 1. The van der Waals surface area contributed by atoms with E-state index in [1.807, 2.05) is 49.2 Å². The summed E-state index contributed by atoms with van der Waals surface area (Å²) in [5, 5.41) is 4.91. The van der Waals surface area contributed by atoms with Crippen LogP contribution < -0.4 is 10.8 Å². The molecular weight excluding hydrogens is 427 g/mol. The molecule has 1 spiro atoms. The Hall–Kier alpha value is -3.29. The van der Waals surface area contributed by atoms with Crippen LogP contribution in [0.1, 0.15) is 45.0 Å². The average Bonchev–Trinajstić information content (AvgIpc) is 3.23. The minimum absolute atomic E-state index is 0.0678. The molecule has 1 aliphatic heterocycles. The van der Waals surface area contributed by atoms with E-state index in [0.717, 1.165) is 52.6 Å². The van der Waals surface area contributed by atoms with E-state index in [9.17, 15) is 9.59 Å². The van der Waals surface area contributed by atoms with Crippen LogP contribution in [0.15, 0.2) is 42.6 Å². The van der Waals surface area contributed by atoms with Gasteiger partial charge in [-0.05, 0) is 47.4 Å². The van der Waals surface area contributed by atoms with Crippen molar-refractivity contribution in [1.29, 1.82) is 0 Å². The topological polar surface area (TPSA) is 87.3 Å². The number of amides is 2. The van der Waals surface area contributed by atoms with Crippen molar-refractivity contribution in [2.24, 2.45) is 11.3 Å². The van der Waals surface area contributed by atoms with Crippen molar-refractivity contribution in [3.63, 3.8) is 0 Å². The number of carbonyl (C=O) groups is 2. The number of nitrogens with one attached hydrogen (secondary N) is 2. The van der Waals surface area contributed by atoms with Crippen molar-refractivity contribution in [2.45, 2.75) is 45.2 Å². The molecule has 7 nitrogen and oxygen atoms in total. The smallest absolute Gasteiger partial charge is 0.407 e. The van der Waals surface area contributed by atoms with Crippen molar-refractivity contribution in [3.8, 4) is 11.3 Å². The highest BCUT2D eigenvalue weighted by Gasteiger charge is 2.55. The number of methoxy groups -OCH3 is 1. The number of aromatic amines is 1. The van der Waals surface area contributed by atoms with Crippen LogP contribution in [0.2, 0.25) is 0 Å². The van der Waals surface area contributed by atoms with Gasteiger partial charge in [0.2, 0.25) is 5.91 Å². The standard InChI is InChI=1S/C26H29BN4O3/c1-15(2)22(30-25(33)34-3)24(32)31-14-26(8-9-26)12-21(31)23-28-13-20(29-23)18-5-4-17-11-19(27)7-6-16(17)10-18/h4-7,10-11,13,15,21-22H,8-9,12,14H2,1-3H3,(H,28,29)(H,30,33). The average molecular weight is 456 g/mol. The number of ether oxygens (including phenoxy) is 1. The maximum atomic E-state index is 13.6. The van der Waals surface area contributed by atoms with Crippen LogP contribution in [0.3, 0.4) is 0 Å². The molecule has 2 amide bonds. The van der Waals surface area contributed by atoms with Crippen molar-refractivity contribution in [3.05, 3.63) is 48.4 Å². The lowest BCUT2D eigenvalue weighted by Gasteiger charge is -2.30. The highest BCUT2D eigenvalue weighted by molar-refractivity contribution is 6.33. The summed E-state index contributed by atoms with van der Waals surface area (Å²) in [6.45, 7) is 4.54. The third kappa shape index (κ3) is 4.17. The molecule has 1 aromatic heterocycles. The van der Waals surface area contributed by atoms with Gasteiger partial charge in [-0.2, -0.15) is 0 Å². The van der Waals surface area contributed by atoms with E-state index in [1.54, 1.807) is 0 Å². The minimum atomic E-state index is -0.647. The SMILES string of the molecule is [B]c1ccc2cc(-c3cnc(C4CC5(CC5)CN4C(=O)C(NC(=O)OC)C(C)C)[nH]3)ccc2c1. The van der Waals surface area contributed by atoms with Gasteiger partial charge < -0.3 is 19.9 Å². The zero-order chi connectivity index (χ0) is 24.0. The van der Waals surface area contributed by atoms with Gasteiger partial charge in [0.25, 0.3) is 0 Å². The molecule has 5 rings (SSSR count). The molecule has 2 radical (unpaired) electrons. The lowest BCUT2D eigenvalue weighted by Crippen LogP contribution is -2.51. The Bertz CT molecular complexity index is 1250. The number of hydrogen-bond acceptors (Lipinski definition) is 4. The second-order valence-electron chi connectivity index (χ2n) is 10.0. The van der Waals surface area contributed by atoms with Crippen LogP contribution >= 0.6 is 0 Å². The number of H-pyrrole nitrogens is 1. The van der Waals surface area contributed by atoms with E-state index in [2.05, 4.69) is 22.4 Å². The summed E-state index contributed by atoms with van der Waals surface area (Å²) in [5.41, 5.74) is 2.85. The van der Waals surface area contributed by atoms with Gasteiger partial charge in [-0.15, -0.1) is 0 Å². The van der Waals surface area contributed by atoms with Crippen LogP contribution in [0.5, 0.6) is 0 Å². The summed E-state index contributed by atoms with van der Waals surface area (Å²) in [6.07, 6.45) is 4.35. The van der Waals surface area contributed by atoms with Crippen LogP contribution in [-0.4, -0.2) is 54.4 Å². The number of aromatic nitrogens is 2. The summed E-state index contributed by atoms with van der Waals surface area (Å²) in [6, 6.07) is 11.3. The van der Waals surface area contributed by atoms with Gasteiger partial charge in [0.1, 0.15) is 19.7 Å². The third-order valence-electron chi connectivity index (χ3n) is 7.23. The predicted octanol–water partition coefficient (Wildman–Crippen LogP) is 3.46. The first kappa shape index (κ1) is 22.5. The normalized spacial score (nSPS) is 19.5. The van der Waals surface area contributed by atoms with Gasteiger partial charge in [-0.1, -0.05) is 49.6 Å². The van der Waals surface area contributed by atoms with Crippen LogP contribution in [0.4, 0.5) is 4.79 Å². The first-order valence-corrected chi connectivity index (χ1v) is 11.8. The zero-order valence-corrected chi connectivity index (χ0v) is 19.8. The summed E-state index contributed by atoms with van der Waals surface area (Å²) < 4.78 is 4.75. The number of rotatable bonds is 5. The Morgan fingerprint density at radius 2 is 1.94 bits per heavy atom. The molecule has 8 heteroatoms.